The van der Waals surface area contributed by atoms with Crippen LogP contribution in [-0.4, -0.2) is 28.5 Å². The van der Waals surface area contributed by atoms with Crippen molar-refractivity contribution in [2.75, 3.05) is 6.61 Å². The zero-order valence-corrected chi connectivity index (χ0v) is 12.5. The molecule has 118 valence electrons. The number of carboxylic acids is 1. The Kier molecular flexibility index (Phi) is 13.5. The highest BCUT2D eigenvalue weighted by Gasteiger charge is 2.00. The van der Waals surface area contributed by atoms with Crippen molar-refractivity contribution in [2.45, 2.75) is 77.0 Å². The summed E-state index contributed by atoms with van der Waals surface area (Å²) in [5, 5.41) is 21.0. The van der Waals surface area contributed by atoms with Crippen LogP contribution >= 0.6 is 0 Å². The average molecular weight is 286 g/mol. The number of aliphatic carboxylic acids is 1. The van der Waals surface area contributed by atoms with Crippen molar-refractivity contribution in [1.82, 2.24) is 0 Å². The Morgan fingerprint density at radius 1 is 0.800 bits per heavy atom. The molecule has 0 aliphatic carbocycles. The Labute approximate surface area is 122 Å². The minimum absolute atomic E-state index is 0.195. The first kappa shape index (κ1) is 18.9. The minimum Gasteiger partial charge on any atom is -0.481 e. The van der Waals surface area contributed by atoms with Crippen molar-refractivity contribution in [3.63, 3.8) is 0 Å². The van der Waals surface area contributed by atoms with Gasteiger partial charge >= 0.3 is 5.97 Å². The Balaban J connectivity index is 3.25. The molecule has 0 aromatic carbocycles. The van der Waals surface area contributed by atoms with E-state index < -0.39 is 5.97 Å². The van der Waals surface area contributed by atoms with E-state index in [4.69, 9.17) is 16.1 Å². The molecule has 0 aromatic rings. The fraction of sp³-hybridized carbons (Fsp3) is 0.867. The van der Waals surface area contributed by atoms with Crippen LogP contribution in [0, 0.1) is 0 Å². The van der Waals surface area contributed by atoms with Gasteiger partial charge in [-0.15, -0.1) is 0 Å². The number of nitrogens with zero attached hydrogens (tertiary/aromatic N) is 1. The molecule has 0 spiro atoms. The Morgan fingerprint density at radius 3 is 1.70 bits per heavy atom. The maximum atomic E-state index is 10.3. The molecule has 4 N–H and O–H groups in total. The summed E-state index contributed by atoms with van der Waals surface area (Å²) in [4.78, 5) is 10.3. The number of carboxylic acid groups (broad SMARTS) is 1. The van der Waals surface area contributed by atoms with Gasteiger partial charge in [0.15, 0.2) is 0 Å². The lowest BCUT2D eigenvalue weighted by atomic mass is 10.0. The van der Waals surface area contributed by atoms with E-state index in [1.807, 2.05) is 0 Å². The first-order valence-corrected chi connectivity index (χ1v) is 7.79. The van der Waals surface area contributed by atoms with E-state index in [-0.39, 0.29) is 6.61 Å². The second-order valence-electron chi connectivity index (χ2n) is 5.24. The van der Waals surface area contributed by atoms with Crippen LogP contribution < -0.4 is 5.84 Å². The summed E-state index contributed by atoms with van der Waals surface area (Å²) in [7, 11) is 0. The second kappa shape index (κ2) is 14.3. The molecule has 0 bridgehead atoms. The third-order valence-corrected chi connectivity index (χ3v) is 3.41. The fourth-order valence-electron chi connectivity index (χ4n) is 2.20. The first-order valence-electron chi connectivity index (χ1n) is 7.79. The molecular weight excluding hydrogens is 256 g/mol. The van der Waals surface area contributed by atoms with E-state index in [1.165, 1.54) is 25.7 Å². The molecule has 5 nitrogen and oxygen atoms in total. The monoisotopic (exact) mass is 286 g/mol. The van der Waals surface area contributed by atoms with Crippen molar-refractivity contribution in [2.24, 2.45) is 10.9 Å². The maximum Gasteiger partial charge on any atom is 0.303 e. The zero-order valence-electron chi connectivity index (χ0n) is 12.5. The average Bonchev–Trinajstić information content (AvgIpc) is 2.43. The molecule has 0 saturated carbocycles. The van der Waals surface area contributed by atoms with Gasteiger partial charge in [-0.2, -0.15) is 5.10 Å². The molecule has 0 fully saturated rings. The molecular formula is C15H30N2O3. The molecule has 5 heteroatoms. The van der Waals surface area contributed by atoms with Crippen LogP contribution in [0.15, 0.2) is 5.10 Å². The molecule has 0 rings (SSSR count). The van der Waals surface area contributed by atoms with Gasteiger partial charge in [0.25, 0.3) is 0 Å². The highest BCUT2D eigenvalue weighted by molar-refractivity contribution is 5.84. The summed E-state index contributed by atoms with van der Waals surface area (Å²) in [6, 6.07) is 0. The summed E-state index contributed by atoms with van der Waals surface area (Å²) >= 11 is 0. The molecule has 0 amide bonds. The van der Waals surface area contributed by atoms with E-state index in [0.29, 0.717) is 6.42 Å². The smallest absolute Gasteiger partial charge is 0.303 e. The molecule has 0 saturated heterocycles. The van der Waals surface area contributed by atoms with Crippen LogP contribution in [0.1, 0.15) is 77.0 Å². The number of aliphatic hydroxyl groups excluding tert-OH is 1. The van der Waals surface area contributed by atoms with Crippen LogP contribution in [0.4, 0.5) is 0 Å². The maximum absolute atomic E-state index is 10.3. The molecule has 0 aromatic heterocycles. The molecule has 0 heterocycles. The van der Waals surface area contributed by atoms with Crippen LogP contribution in [0.3, 0.4) is 0 Å². The lowest BCUT2D eigenvalue weighted by Gasteiger charge is -2.04. The van der Waals surface area contributed by atoms with E-state index in [1.54, 1.807) is 0 Å². The van der Waals surface area contributed by atoms with Crippen molar-refractivity contribution in [1.29, 1.82) is 0 Å². The largest absolute Gasteiger partial charge is 0.481 e. The number of hydrogen-bond donors (Lipinski definition) is 3. The molecule has 20 heavy (non-hydrogen) atoms. The number of hydrazone groups is 1. The van der Waals surface area contributed by atoms with Gasteiger partial charge in [0.2, 0.25) is 0 Å². The quantitative estimate of drug-likeness (QED) is 0.198. The normalized spacial score (nSPS) is 11.8. The number of nitrogens with two attached hydrogens (primary N) is 1. The first-order chi connectivity index (χ1) is 9.70. The van der Waals surface area contributed by atoms with Gasteiger partial charge in [-0.05, 0) is 32.1 Å². The topological polar surface area (TPSA) is 95.9 Å². The highest BCUT2D eigenvalue weighted by atomic mass is 16.4. The summed E-state index contributed by atoms with van der Waals surface area (Å²) in [5.41, 5.74) is 1.01. The highest BCUT2D eigenvalue weighted by Crippen LogP contribution is 2.11. The van der Waals surface area contributed by atoms with Crippen LogP contribution in [0.5, 0.6) is 0 Å². The zero-order chi connectivity index (χ0) is 15.1. The fourth-order valence-corrected chi connectivity index (χ4v) is 2.20. The summed E-state index contributed by atoms with van der Waals surface area (Å²) in [6.45, 7) is 0.195. The van der Waals surface area contributed by atoms with Gasteiger partial charge in [0.05, 0.1) is 0 Å². The van der Waals surface area contributed by atoms with Crippen molar-refractivity contribution >= 4 is 11.7 Å². The second-order valence-corrected chi connectivity index (χ2v) is 5.24. The van der Waals surface area contributed by atoms with Gasteiger partial charge in [-0.25, -0.2) is 0 Å². The van der Waals surface area contributed by atoms with Gasteiger partial charge in [-0.1, -0.05) is 38.5 Å². The molecule has 0 radical (unpaired) electrons. The number of carbonyl (C=O) groups is 1. The van der Waals surface area contributed by atoms with Crippen LogP contribution in [0.25, 0.3) is 0 Å². The van der Waals surface area contributed by atoms with E-state index in [0.717, 1.165) is 50.7 Å². The van der Waals surface area contributed by atoms with Gasteiger partial charge in [0, 0.05) is 18.7 Å². The van der Waals surface area contributed by atoms with Crippen molar-refractivity contribution in [3.05, 3.63) is 0 Å². The summed E-state index contributed by atoms with van der Waals surface area (Å²) in [6.07, 6.45) is 11.7. The standard InChI is InChI=1S/C15H30N2O3/c16-17-14(11-9-13-18)10-7-5-3-1-2-4-6-8-12-15(19)20/h18H,1-13,16H2,(H,19,20)/b17-14+. The Bertz CT molecular complexity index is 268. The predicted molar refractivity (Wildman–Crippen MR) is 81.7 cm³/mol. The lowest BCUT2D eigenvalue weighted by Crippen LogP contribution is -2.03. The molecule has 0 aliphatic rings. The Hall–Kier alpha value is -1.10. The van der Waals surface area contributed by atoms with Gasteiger partial charge in [0.1, 0.15) is 0 Å². The third kappa shape index (κ3) is 13.3. The van der Waals surface area contributed by atoms with E-state index in [2.05, 4.69) is 5.10 Å². The number of hydrogen-bond acceptors (Lipinski definition) is 4. The van der Waals surface area contributed by atoms with E-state index in [9.17, 15) is 4.79 Å². The predicted octanol–water partition coefficient (Wildman–Crippen LogP) is 3.06. The van der Waals surface area contributed by atoms with Crippen LogP contribution in [0.2, 0.25) is 0 Å². The lowest BCUT2D eigenvalue weighted by molar-refractivity contribution is -0.137. The molecule has 0 atom stereocenters. The number of unbranched alkanes of at least 4 members (excludes halogenated alkanes) is 7. The summed E-state index contributed by atoms with van der Waals surface area (Å²) < 4.78 is 0. The van der Waals surface area contributed by atoms with E-state index >= 15 is 0 Å². The third-order valence-electron chi connectivity index (χ3n) is 3.41. The minimum atomic E-state index is -0.691. The number of aliphatic hydroxyl groups is 1. The van der Waals surface area contributed by atoms with Gasteiger partial charge in [-0.3, -0.25) is 4.79 Å². The molecule has 0 unspecified atom stereocenters. The van der Waals surface area contributed by atoms with Gasteiger partial charge < -0.3 is 16.1 Å². The van der Waals surface area contributed by atoms with Crippen molar-refractivity contribution in [3.8, 4) is 0 Å². The summed E-state index contributed by atoms with van der Waals surface area (Å²) in [5.74, 6) is 4.62. The van der Waals surface area contributed by atoms with Crippen LogP contribution in [-0.2, 0) is 4.79 Å². The number of rotatable bonds is 14. The van der Waals surface area contributed by atoms with Crippen molar-refractivity contribution < 1.29 is 15.0 Å². The Morgan fingerprint density at radius 2 is 1.25 bits per heavy atom. The SMILES string of the molecule is N/N=C(/CCCO)CCCCCCCCCCC(=O)O. The molecule has 0 aliphatic heterocycles.